The van der Waals surface area contributed by atoms with Crippen molar-refractivity contribution in [3.05, 3.63) is 30.0 Å². The van der Waals surface area contributed by atoms with Gasteiger partial charge in [-0.25, -0.2) is 0 Å². The van der Waals surface area contributed by atoms with E-state index in [1.54, 1.807) is 11.9 Å². The van der Waals surface area contributed by atoms with Crippen molar-refractivity contribution in [2.45, 2.75) is 20.1 Å². The molecule has 2 rings (SSSR count). The van der Waals surface area contributed by atoms with Crippen LogP contribution in [0.3, 0.4) is 0 Å². The van der Waals surface area contributed by atoms with Crippen molar-refractivity contribution in [3.8, 4) is 0 Å². The van der Waals surface area contributed by atoms with E-state index in [1.165, 1.54) is 0 Å². The Bertz CT molecular complexity index is 591. The molecule has 0 atom stereocenters. The number of hydrogen-bond donors (Lipinski definition) is 1. The Labute approximate surface area is 124 Å². The quantitative estimate of drug-likeness (QED) is 0.793. The smallest absolute Gasteiger partial charge is 0.274 e. The maximum Gasteiger partial charge on any atom is 0.274 e. The number of ether oxygens (including phenoxy) is 2. The first-order chi connectivity index (χ1) is 10.2. The van der Waals surface area contributed by atoms with Gasteiger partial charge in [-0.3, -0.25) is 9.89 Å². The molecule has 6 nitrogen and oxygen atoms in total. The highest BCUT2D eigenvalue weighted by Gasteiger charge is 2.21. The van der Waals surface area contributed by atoms with Crippen LogP contribution in [0.4, 0.5) is 0 Å². The van der Waals surface area contributed by atoms with Crippen LogP contribution in [-0.4, -0.2) is 54.1 Å². The second kappa shape index (κ2) is 7.19. The fourth-order valence-electron chi connectivity index (χ4n) is 2.14. The van der Waals surface area contributed by atoms with Gasteiger partial charge in [-0.2, -0.15) is 5.10 Å². The van der Waals surface area contributed by atoms with E-state index < -0.39 is 6.29 Å². The van der Waals surface area contributed by atoms with E-state index in [1.807, 2.05) is 38.1 Å². The molecule has 0 aliphatic carbocycles. The molecule has 0 aliphatic rings. The predicted octanol–water partition coefficient (Wildman–Crippen LogP) is 2.03. The van der Waals surface area contributed by atoms with Gasteiger partial charge < -0.3 is 14.4 Å². The molecule has 1 aromatic heterocycles. The molecule has 0 aliphatic heterocycles. The minimum Gasteiger partial charge on any atom is -0.351 e. The van der Waals surface area contributed by atoms with Crippen LogP contribution in [0.1, 0.15) is 24.3 Å². The number of aromatic amines is 1. The Morgan fingerprint density at radius 3 is 2.62 bits per heavy atom. The number of rotatable bonds is 7. The average Bonchev–Trinajstić information content (AvgIpc) is 2.91. The van der Waals surface area contributed by atoms with Gasteiger partial charge in [-0.1, -0.05) is 18.2 Å². The maximum absolute atomic E-state index is 12.5. The molecule has 1 N–H and O–H groups in total. The minimum atomic E-state index is -0.417. The first-order valence-electron chi connectivity index (χ1n) is 7.09. The van der Waals surface area contributed by atoms with Gasteiger partial charge in [0.25, 0.3) is 5.91 Å². The van der Waals surface area contributed by atoms with Crippen molar-refractivity contribution in [2.24, 2.45) is 0 Å². The van der Waals surface area contributed by atoms with Crippen LogP contribution in [-0.2, 0) is 9.47 Å². The summed E-state index contributed by atoms with van der Waals surface area (Å²) in [6, 6.07) is 7.56. The number of H-pyrrole nitrogens is 1. The van der Waals surface area contributed by atoms with Crippen LogP contribution in [0.5, 0.6) is 0 Å². The van der Waals surface area contributed by atoms with Crippen molar-refractivity contribution in [3.63, 3.8) is 0 Å². The summed E-state index contributed by atoms with van der Waals surface area (Å²) in [6.07, 6.45) is -0.417. The molecule has 114 valence electrons. The van der Waals surface area contributed by atoms with Gasteiger partial charge in [0, 0.05) is 25.6 Å². The number of likely N-dealkylation sites (N-methyl/N-ethyl adjacent to an activating group) is 1. The fourth-order valence-corrected chi connectivity index (χ4v) is 2.14. The molecule has 1 amide bonds. The number of para-hydroxylation sites is 1. The second-order valence-corrected chi connectivity index (χ2v) is 4.64. The Hall–Kier alpha value is -1.92. The Morgan fingerprint density at radius 2 is 1.95 bits per heavy atom. The molecule has 0 saturated carbocycles. The molecule has 1 aromatic carbocycles. The summed E-state index contributed by atoms with van der Waals surface area (Å²) in [5.74, 6) is -0.156. The highest BCUT2D eigenvalue weighted by Crippen LogP contribution is 2.16. The van der Waals surface area contributed by atoms with Crippen molar-refractivity contribution in [1.29, 1.82) is 0 Å². The summed E-state index contributed by atoms with van der Waals surface area (Å²) < 4.78 is 10.9. The van der Waals surface area contributed by atoms with Crippen LogP contribution in [0.15, 0.2) is 24.3 Å². The van der Waals surface area contributed by atoms with Gasteiger partial charge in [-0.15, -0.1) is 0 Å². The molecule has 0 fully saturated rings. The predicted molar refractivity (Wildman–Crippen MR) is 80.1 cm³/mol. The summed E-state index contributed by atoms with van der Waals surface area (Å²) in [4.78, 5) is 14.1. The Kier molecular flexibility index (Phi) is 5.30. The summed E-state index contributed by atoms with van der Waals surface area (Å²) in [5.41, 5.74) is 1.26. The van der Waals surface area contributed by atoms with Crippen LogP contribution >= 0.6 is 0 Å². The van der Waals surface area contributed by atoms with E-state index in [0.29, 0.717) is 25.5 Å². The van der Waals surface area contributed by atoms with Crippen LogP contribution < -0.4 is 0 Å². The van der Waals surface area contributed by atoms with Crippen molar-refractivity contribution >= 4 is 16.8 Å². The van der Waals surface area contributed by atoms with E-state index in [-0.39, 0.29) is 5.91 Å². The van der Waals surface area contributed by atoms with E-state index in [4.69, 9.17) is 9.47 Å². The average molecular weight is 291 g/mol. The fraction of sp³-hybridized carbons (Fsp3) is 0.467. The third-order valence-electron chi connectivity index (χ3n) is 3.15. The normalized spacial score (nSPS) is 11.2. The second-order valence-electron chi connectivity index (χ2n) is 4.64. The van der Waals surface area contributed by atoms with E-state index >= 15 is 0 Å². The van der Waals surface area contributed by atoms with Gasteiger partial charge in [0.15, 0.2) is 12.0 Å². The third-order valence-corrected chi connectivity index (χ3v) is 3.15. The molecule has 0 spiro atoms. The summed E-state index contributed by atoms with van der Waals surface area (Å²) >= 11 is 0. The summed E-state index contributed by atoms with van der Waals surface area (Å²) in [7, 11) is 1.72. The molecule has 0 radical (unpaired) electrons. The molecular weight excluding hydrogens is 270 g/mol. The van der Waals surface area contributed by atoms with Crippen LogP contribution in [0.25, 0.3) is 10.9 Å². The largest absolute Gasteiger partial charge is 0.351 e. The van der Waals surface area contributed by atoms with Gasteiger partial charge in [0.2, 0.25) is 0 Å². The molecule has 21 heavy (non-hydrogen) atoms. The summed E-state index contributed by atoms with van der Waals surface area (Å²) in [5, 5.41) is 7.80. The topological polar surface area (TPSA) is 67.5 Å². The highest BCUT2D eigenvalue weighted by molar-refractivity contribution is 6.04. The number of nitrogens with one attached hydrogen (secondary N) is 1. The van der Waals surface area contributed by atoms with E-state index in [0.717, 1.165) is 10.9 Å². The highest BCUT2D eigenvalue weighted by atomic mass is 16.7. The number of carbonyl (C=O) groups is 1. The van der Waals surface area contributed by atoms with Crippen molar-refractivity contribution in [1.82, 2.24) is 15.1 Å². The van der Waals surface area contributed by atoms with E-state index in [2.05, 4.69) is 10.2 Å². The molecule has 1 heterocycles. The zero-order valence-electron chi connectivity index (χ0n) is 12.6. The Balaban J connectivity index is 2.11. The summed E-state index contributed by atoms with van der Waals surface area (Å²) in [6.45, 7) is 5.24. The van der Waals surface area contributed by atoms with Crippen molar-refractivity contribution < 1.29 is 14.3 Å². The van der Waals surface area contributed by atoms with Gasteiger partial charge >= 0.3 is 0 Å². The molecular formula is C15H21N3O3. The monoisotopic (exact) mass is 291 g/mol. The van der Waals surface area contributed by atoms with E-state index in [9.17, 15) is 4.79 Å². The lowest BCUT2D eigenvalue weighted by molar-refractivity contribution is -0.141. The lowest BCUT2D eigenvalue weighted by Crippen LogP contribution is -2.37. The van der Waals surface area contributed by atoms with Gasteiger partial charge in [-0.05, 0) is 19.9 Å². The SMILES string of the molecule is CCOC(CN(C)C(=O)c1n[nH]c2ccccc12)OCC. The first kappa shape index (κ1) is 15.5. The zero-order chi connectivity index (χ0) is 15.2. The maximum atomic E-state index is 12.5. The first-order valence-corrected chi connectivity index (χ1v) is 7.09. The molecule has 0 bridgehead atoms. The standard InChI is InChI=1S/C15H21N3O3/c1-4-20-13(21-5-2)10-18(3)15(19)14-11-8-6-7-9-12(11)16-17-14/h6-9,13H,4-5,10H2,1-3H3,(H,16,17). The van der Waals surface area contributed by atoms with Crippen molar-refractivity contribution in [2.75, 3.05) is 26.8 Å². The van der Waals surface area contributed by atoms with Gasteiger partial charge in [0.05, 0.1) is 12.1 Å². The number of benzene rings is 1. The lowest BCUT2D eigenvalue weighted by atomic mass is 10.2. The van der Waals surface area contributed by atoms with Gasteiger partial charge in [0.1, 0.15) is 0 Å². The minimum absolute atomic E-state index is 0.156. The number of nitrogens with zero attached hydrogens (tertiary/aromatic N) is 2. The molecule has 6 heteroatoms. The molecule has 0 unspecified atom stereocenters. The zero-order valence-corrected chi connectivity index (χ0v) is 12.6. The number of fused-ring (bicyclic) bond motifs is 1. The number of aromatic nitrogens is 2. The van der Waals surface area contributed by atoms with Crippen LogP contribution in [0, 0.1) is 0 Å². The molecule has 2 aromatic rings. The lowest BCUT2D eigenvalue weighted by Gasteiger charge is -2.23. The van der Waals surface area contributed by atoms with Crippen LogP contribution in [0.2, 0.25) is 0 Å². The molecule has 0 saturated heterocycles. The number of amides is 1. The number of carbonyl (C=O) groups excluding carboxylic acids is 1. The number of hydrogen-bond acceptors (Lipinski definition) is 4. The third kappa shape index (κ3) is 3.59. The Morgan fingerprint density at radius 1 is 1.29 bits per heavy atom.